The van der Waals surface area contributed by atoms with Crippen LogP contribution in [-0.4, -0.2) is 59.5 Å². The molecule has 5 rings (SSSR count). The third-order valence-corrected chi connectivity index (χ3v) is 6.91. The van der Waals surface area contributed by atoms with Crippen LogP contribution in [0.4, 0.5) is 5.69 Å². The number of benzene rings is 1. The number of fused-ring (bicyclic) bond motifs is 1. The van der Waals surface area contributed by atoms with Crippen molar-refractivity contribution >= 4 is 28.8 Å². The van der Waals surface area contributed by atoms with Gasteiger partial charge in [-0.1, -0.05) is 17.7 Å². The number of imidazole rings is 1. The summed E-state index contributed by atoms with van der Waals surface area (Å²) in [5.41, 5.74) is 4.98. The molecule has 0 aliphatic carbocycles. The Bertz CT molecular complexity index is 1100. The zero-order valence-corrected chi connectivity index (χ0v) is 18.6. The van der Waals surface area contributed by atoms with E-state index in [1.165, 1.54) is 0 Å². The second-order valence-corrected chi connectivity index (χ2v) is 8.90. The molecule has 2 saturated heterocycles. The van der Waals surface area contributed by atoms with E-state index in [4.69, 9.17) is 16.6 Å². The Morgan fingerprint density at radius 3 is 2.74 bits per heavy atom. The van der Waals surface area contributed by atoms with Crippen LogP contribution in [0.15, 0.2) is 42.6 Å². The minimum atomic E-state index is 0.139. The van der Waals surface area contributed by atoms with Gasteiger partial charge < -0.3 is 19.5 Å². The number of amides is 1. The summed E-state index contributed by atoms with van der Waals surface area (Å²) in [6, 6.07) is 12.2. The molecule has 1 aromatic carbocycles. The number of carbonyl (C=O) groups excluding carboxylic acids is 1. The fraction of sp³-hybridized carbons (Fsp3) is 0.417. The maximum Gasteiger partial charge on any atom is 0.227 e. The molecule has 2 aliphatic heterocycles. The lowest BCUT2D eigenvalue weighted by atomic mass is 9.98. The largest absolute Gasteiger partial charge is 0.368 e. The van der Waals surface area contributed by atoms with Gasteiger partial charge in [-0.05, 0) is 56.6 Å². The molecule has 0 saturated carbocycles. The van der Waals surface area contributed by atoms with Gasteiger partial charge in [0.2, 0.25) is 5.91 Å². The Hall–Kier alpha value is -2.57. The van der Waals surface area contributed by atoms with Crippen LogP contribution in [0.5, 0.6) is 0 Å². The van der Waals surface area contributed by atoms with Gasteiger partial charge in [-0.2, -0.15) is 0 Å². The van der Waals surface area contributed by atoms with Gasteiger partial charge in [0.15, 0.2) is 0 Å². The number of rotatable bonds is 3. The van der Waals surface area contributed by atoms with Crippen LogP contribution in [-0.2, 0) is 4.79 Å². The highest BCUT2D eigenvalue weighted by Crippen LogP contribution is 2.34. The normalized spacial score (nSPS) is 19.7. The van der Waals surface area contributed by atoms with Crippen LogP contribution in [0.3, 0.4) is 0 Å². The zero-order valence-electron chi connectivity index (χ0n) is 17.9. The molecule has 3 aromatic rings. The predicted molar refractivity (Wildman–Crippen MR) is 125 cm³/mol. The van der Waals surface area contributed by atoms with Crippen LogP contribution in [0.1, 0.15) is 18.5 Å². The van der Waals surface area contributed by atoms with Crippen LogP contribution in [0, 0.1) is 12.8 Å². The van der Waals surface area contributed by atoms with Crippen molar-refractivity contribution in [1.29, 1.82) is 0 Å². The fourth-order valence-corrected chi connectivity index (χ4v) is 4.98. The molecule has 2 aliphatic rings. The minimum absolute atomic E-state index is 0.139. The smallest absolute Gasteiger partial charge is 0.227 e. The fourth-order valence-electron chi connectivity index (χ4n) is 4.77. The summed E-state index contributed by atoms with van der Waals surface area (Å²) in [7, 11) is 0. The SMILES string of the molecule is Cc1c(-c2cc(N3CCN(C(=O)C4CCCNC4)CC3)ccc2Cl)nc2ccccn12. The van der Waals surface area contributed by atoms with Crippen LogP contribution < -0.4 is 10.2 Å². The lowest BCUT2D eigenvalue weighted by molar-refractivity contribution is -0.136. The van der Waals surface area contributed by atoms with Crippen molar-refractivity contribution < 1.29 is 4.79 Å². The maximum absolute atomic E-state index is 12.8. The third-order valence-electron chi connectivity index (χ3n) is 6.58. The molecule has 1 amide bonds. The lowest BCUT2D eigenvalue weighted by Crippen LogP contribution is -2.52. The molecular weight excluding hydrogens is 410 g/mol. The monoisotopic (exact) mass is 437 g/mol. The number of carbonyl (C=O) groups is 1. The molecule has 0 bridgehead atoms. The van der Waals surface area contributed by atoms with Gasteiger partial charge in [0.25, 0.3) is 0 Å². The van der Waals surface area contributed by atoms with E-state index in [1.807, 2.05) is 35.4 Å². The van der Waals surface area contributed by atoms with Gasteiger partial charge in [0, 0.05) is 55.9 Å². The first-order valence-electron chi connectivity index (χ1n) is 11.1. The summed E-state index contributed by atoms with van der Waals surface area (Å²) in [5.74, 6) is 0.449. The van der Waals surface area contributed by atoms with E-state index in [0.29, 0.717) is 10.9 Å². The average molecular weight is 438 g/mol. The number of aryl methyl sites for hydroxylation is 1. The summed E-state index contributed by atoms with van der Waals surface area (Å²) in [5, 5.41) is 4.06. The van der Waals surface area contributed by atoms with Gasteiger partial charge in [0.05, 0.1) is 16.6 Å². The highest BCUT2D eigenvalue weighted by Gasteiger charge is 2.28. The number of hydrogen-bond donors (Lipinski definition) is 1. The van der Waals surface area contributed by atoms with Gasteiger partial charge >= 0.3 is 0 Å². The summed E-state index contributed by atoms with van der Waals surface area (Å²) < 4.78 is 2.09. The van der Waals surface area contributed by atoms with Gasteiger partial charge in [-0.15, -0.1) is 0 Å². The van der Waals surface area contributed by atoms with Crippen molar-refractivity contribution in [3.8, 4) is 11.3 Å². The Labute approximate surface area is 187 Å². The Balaban J connectivity index is 1.34. The van der Waals surface area contributed by atoms with Crippen molar-refractivity contribution in [3.63, 3.8) is 0 Å². The van der Waals surface area contributed by atoms with Crippen LogP contribution in [0.2, 0.25) is 5.02 Å². The molecule has 2 aromatic heterocycles. The number of aromatic nitrogens is 2. The Morgan fingerprint density at radius 1 is 1.16 bits per heavy atom. The summed E-state index contributed by atoms with van der Waals surface area (Å²) >= 11 is 6.59. The molecule has 1 unspecified atom stereocenters. The number of piperidine rings is 1. The molecule has 1 N–H and O–H groups in total. The van der Waals surface area contributed by atoms with E-state index >= 15 is 0 Å². The van der Waals surface area contributed by atoms with E-state index in [2.05, 4.69) is 33.7 Å². The van der Waals surface area contributed by atoms with Gasteiger partial charge in [-0.3, -0.25) is 4.79 Å². The number of hydrogen-bond acceptors (Lipinski definition) is 4. The Kier molecular flexibility index (Phi) is 5.59. The lowest BCUT2D eigenvalue weighted by Gasteiger charge is -2.38. The van der Waals surface area contributed by atoms with Crippen molar-refractivity contribution in [1.82, 2.24) is 19.6 Å². The number of piperazine rings is 1. The van der Waals surface area contributed by atoms with Crippen molar-refractivity contribution in [3.05, 3.63) is 53.3 Å². The highest BCUT2D eigenvalue weighted by molar-refractivity contribution is 6.33. The van der Waals surface area contributed by atoms with Gasteiger partial charge in [0.1, 0.15) is 5.65 Å². The molecule has 2 fully saturated rings. The van der Waals surface area contributed by atoms with Crippen molar-refractivity contribution in [2.75, 3.05) is 44.2 Å². The second-order valence-electron chi connectivity index (χ2n) is 8.49. The standard InChI is InChI=1S/C24H28ClN5O/c1-17-23(27-22-6-2-3-10-30(17)22)20-15-19(7-8-21(20)25)28-11-13-29(14-12-28)24(31)18-5-4-9-26-16-18/h2-3,6-8,10,15,18,26H,4-5,9,11-14,16H2,1H3. The number of anilines is 1. The molecule has 6 nitrogen and oxygen atoms in total. The number of nitrogens with zero attached hydrogens (tertiary/aromatic N) is 4. The van der Waals surface area contributed by atoms with Crippen molar-refractivity contribution in [2.45, 2.75) is 19.8 Å². The predicted octanol–water partition coefficient (Wildman–Crippen LogP) is 3.61. The minimum Gasteiger partial charge on any atom is -0.368 e. The molecule has 31 heavy (non-hydrogen) atoms. The Morgan fingerprint density at radius 2 is 2.00 bits per heavy atom. The van der Waals surface area contributed by atoms with Crippen LogP contribution >= 0.6 is 11.6 Å². The summed E-state index contributed by atoms with van der Waals surface area (Å²) in [6.45, 7) is 7.11. The van der Waals surface area contributed by atoms with E-state index in [0.717, 1.165) is 80.4 Å². The first-order valence-corrected chi connectivity index (χ1v) is 11.5. The zero-order chi connectivity index (χ0) is 21.4. The number of halogens is 1. The highest BCUT2D eigenvalue weighted by atomic mass is 35.5. The third kappa shape index (κ3) is 3.90. The quantitative estimate of drug-likeness (QED) is 0.680. The molecule has 7 heteroatoms. The van der Waals surface area contributed by atoms with E-state index in [1.54, 1.807) is 0 Å². The van der Waals surface area contributed by atoms with Crippen LogP contribution in [0.25, 0.3) is 16.9 Å². The molecular formula is C24H28ClN5O. The van der Waals surface area contributed by atoms with Gasteiger partial charge in [-0.25, -0.2) is 4.98 Å². The first-order chi connectivity index (χ1) is 15.1. The molecule has 1 atom stereocenters. The molecule has 0 radical (unpaired) electrons. The number of pyridine rings is 1. The van der Waals surface area contributed by atoms with E-state index in [9.17, 15) is 4.79 Å². The molecule has 162 valence electrons. The summed E-state index contributed by atoms with van der Waals surface area (Å²) in [4.78, 5) is 22.0. The first kappa shape index (κ1) is 20.3. The topological polar surface area (TPSA) is 52.9 Å². The number of nitrogens with one attached hydrogen (secondary N) is 1. The van der Waals surface area contributed by atoms with Crippen molar-refractivity contribution in [2.24, 2.45) is 5.92 Å². The summed E-state index contributed by atoms with van der Waals surface area (Å²) in [6.07, 6.45) is 4.12. The molecule has 4 heterocycles. The van der Waals surface area contributed by atoms with E-state index in [-0.39, 0.29) is 5.92 Å². The second kappa shape index (κ2) is 8.52. The maximum atomic E-state index is 12.8. The average Bonchev–Trinajstić information content (AvgIpc) is 3.16. The molecule has 0 spiro atoms. The van der Waals surface area contributed by atoms with E-state index < -0.39 is 0 Å².